The van der Waals surface area contributed by atoms with E-state index in [1.54, 1.807) is 4.90 Å². The molecule has 1 fully saturated rings. The Hall–Kier alpha value is -0.500. The largest absolute Gasteiger partial charge is 0.394 e. The summed E-state index contributed by atoms with van der Waals surface area (Å²) in [6.07, 6.45) is -1.02. The zero-order valence-corrected chi connectivity index (χ0v) is 9.82. The highest BCUT2D eigenvalue weighted by Crippen LogP contribution is 1.99. The van der Waals surface area contributed by atoms with Gasteiger partial charge in [0.05, 0.1) is 31.7 Å². The van der Waals surface area contributed by atoms with Crippen LogP contribution in [0.4, 0.5) is 0 Å². The normalized spacial score (nSPS) is 20.5. The predicted molar refractivity (Wildman–Crippen MR) is 58.4 cm³/mol. The second kappa shape index (κ2) is 6.95. The van der Waals surface area contributed by atoms with Crippen molar-refractivity contribution in [2.75, 3.05) is 44.4 Å². The number of hydrogen-bond acceptors (Lipinski definition) is 5. The van der Waals surface area contributed by atoms with Crippen LogP contribution in [0, 0.1) is 0 Å². The van der Waals surface area contributed by atoms with Crippen molar-refractivity contribution in [1.82, 2.24) is 4.90 Å². The Labute approximate surface area is 96.7 Å². The van der Waals surface area contributed by atoms with E-state index < -0.39 is 23.5 Å². The molecule has 7 heteroatoms. The van der Waals surface area contributed by atoms with Crippen molar-refractivity contribution in [3.05, 3.63) is 0 Å². The molecule has 1 aliphatic heterocycles. The van der Waals surface area contributed by atoms with E-state index in [0.717, 1.165) is 0 Å². The van der Waals surface area contributed by atoms with E-state index in [-0.39, 0.29) is 17.4 Å². The smallest absolute Gasteiger partial charge is 0.235 e. The lowest BCUT2D eigenvalue weighted by molar-refractivity contribution is -0.132. The summed E-state index contributed by atoms with van der Waals surface area (Å²) in [7, 11) is -1.42. The highest BCUT2D eigenvalue weighted by molar-refractivity contribution is 7.85. The number of carbonyl (C=O) groups is 1. The van der Waals surface area contributed by atoms with Gasteiger partial charge in [-0.25, -0.2) is 0 Å². The molecule has 0 saturated carbocycles. The summed E-state index contributed by atoms with van der Waals surface area (Å²) in [5.74, 6) is -0.351. The molecule has 16 heavy (non-hydrogen) atoms. The van der Waals surface area contributed by atoms with Gasteiger partial charge in [-0.05, 0) is 0 Å². The average Bonchev–Trinajstić information content (AvgIpc) is 2.29. The Bertz CT molecular complexity index is 254. The van der Waals surface area contributed by atoms with Gasteiger partial charge in [0, 0.05) is 23.9 Å². The highest BCUT2D eigenvalue weighted by Gasteiger charge is 2.19. The van der Waals surface area contributed by atoms with Crippen molar-refractivity contribution in [3.8, 4) is 0 Å². The van der Waals surface area contributed by atoms with Gasteiger partial charge in [0.1, 0.15) is 5.75 Å². The van der Waals surface area contributed by atoms with E-state index in [1.165, 1.54) is 0 Å². The summed E-state index contributed by atoms with van der Waals surface area (Å²) < 4.78 is 16.5. The average molecular weight is 251 g/mol. The van der Waals surface area contributed by atoms with Gasteiger partial charge in [-0.15, -0.1) is 0 Å². The number of aliphatic hydroxyl groups excluding tert-OH is 2. The Kier molecular flexibility index (Phi) is 5.89. The number of nitrogens with zero attached hydrogens (tertiary/aromatic N) is 1. The highest BCUT2D eigenvalue weighted by atomic mass is 32.2. The van der Waals surface area contributed by atoms with Gasteiger partial charge in [0.25, 0.3) is 0 Å². The van der Waals surface area contributed by atoms with Gasteiger partial charge < -0.3 is 19.8 Å². The summed E-state index contributed by atoms with van der Waals surface area (Å²) in [4.78, 5) is 13.2. The van der Waals surface area contributed by atoms with Crippen molar-refractivity contribution < 1.29 is 24.0 Å². The van der Waals surface area contributed by atoms with Crippen LogP contribution >= 0.6 is 0 Å². The molecule has 0 bridgehead atoms. The van der Waals surface area contributed by atoms with Crippen LogP contribution in [0.25, 0.3) is 0 Å². The van der Waals surface area contributed by atoms with Crippen LogP contribution in [0.15, 0.2) is 0 Å². The molecule has 0 aliphatic carbocycles. The second-order valence-electron chi connectivity index (χ2n) is 3.58. The lowest BCUT2D eigenvalue weighted by Gasteiger charge is -2.26. The number of morpholine rings is 1. The summed E-state index contributed by atoms with van der Waals surface area (Å²) in [5.41, 5.74) is 0. The fourth-order valence-corrected chi connectivity index (χ4v) is 2.48. The van der Waals surface area contributed by atoms with Gasteiger partial charge in [0.15, 0.2) is 0 Å². The first-order chi connectivity index (χ1) is 7.63. The monoisotopic (exact) mass is 251 g/mol. The van der Waals surface area contributed by atoms with Crippen molar-refractivity contribution in [2.24, 2.45) is 0 Å². The number of aliphatic hydroxyl groups is 2. The summed E-state index contributed by atoms with van der Waals surface area (Å²) >= 11 is 0. The molecule has 0 spiro atoms. The number of hydrogen-bond donors (Lipinski definition) is 2. The minimum Gasteiger partial charge on any atom is -0.394 e. The Morgan fingerprint density at radius 2 is 2.06 bits per heavy atom. The van der Waals surface area contributed by atoms with E-state index in [0.29, 0.717) is 26.3 Å². The summed E-state index contributed by atoms with van der Waals surface area (Å²) in [5, 5.41) is 17.6. The topological polar surface area (TPSA) is 87.1 Å². The van der Waals surface area contributed by atoms with E-state index in [4.69, 9.17) is 14.9 Å². The van der Waals surface area contributed by atoms with E-state index in [2.05, 4.69) is 0 Å². The summed E-state index contributed by atoms with van der Waals surface area (Å²) in [6, 6.07) is 0. The first kappa shape index (κ1) is 13.6. The van der Waals surface area contributed by atoms with Gasteiger partial charge >= 0.3 is 0 Å². The first-order valence-electron chi connectivity index (χ1n) is 5.13. The number of carbonyl (C=O) groups excluding carboxylic acids is 1. The first-order valence-corrected chi connectivity index (χ1v) is 6.61. The minimum absolute atomic E-state index is 0.0629. The van der Waals surface area contributed by atoms with Crippen LogP contribution < -0.4 is 0 Å². The zero-order chi connectivity index (χ0) is 12.0. The Balaban J connectivity index is 2.29. The van der Waals surface area contributed by atoms with Crippen molar-refractivity contribution in [3.63, 3.8) is 0 Å². The lowest BCUT2D eigenvalue weighted by Crippen LogP contribution is -2.43. The van der Waals surface area contributed by atoms with E-state index >= 15 is 0 Å². The lowest BCUT2D eigenvalue weighted by atomic mass is 10.4. The molecule has 0 radical (unpaired) electrons. The van der Waals surface area contributed by atoms with E-state index in [9.17, 15) is 9.00 Å². The maximum Gasteiger partial charge on any atom is 0.235 e. The van der Waals surface area contributed by atoms with Gasteiger partial charge in [0.2, 0.25) is 5.91 Å². The molecule has 94 valence electrons. The Morgan fingerprint density at radius 3 is 2.62 bits per heavy atom. The van der Waals surface area contributed by atoms with Gasteiger partial charge in [-0.2, -0.15) is 0 Å². The van der Waals surface area contributed by atoms with Gasteiger partial charge in [-0.3, -0.25) is 9.00 Å². The third-order valence-corrected chi connectivity index (χ3v) is 3.56. The number of amides is 1. The quantitative estimate of drug-likeness (QED) is 0.587. The molecule has 1 rings (SSSR count). The van der Waals surface area contributed by atoms with E-state index in [1.807, 2.05) is 0 Å². The van der Waals surface area contributed by atoms with Crippen LogP contribution in [0.2, 0.25) is 0 Å². The molecule has 1 aliphatic rings. The molecule has 0 aromatic rings. The maximum atomic E-state index is 11.6. The minimum atomic E-state index is -1.42. The van der Waals surface area contributed by atoms with Crippen LogP contribution in [0.3, 0.4) is 0 Å². The molecule has 2 N–H and O–H groups in total. The SMILES string of the molecule is O=C(CS(=O)CC(O)CO)N1CCOCC1. The van der Waals surface area contributed by atoms with Crippen LogP contribution in [-0.2, 0) is 20.3 Å². The molecule has 1 heterocycles. The summed E-state index contributed by atoms with van der Waals surface area (Å²) in [6.45, 7) is 1.64. The zero-order valence-electron chi connectivity index (χ0n) is 9.00. The van der Waals surface area contributed by atoms with Crippen molar-refractivity contribution in [2.45, 2.75) is 6.10 Å². The number of rotatable bonds is 5. The van der Waals surface area contributed by atoms with Crippen LogP contribution in [0.5, 0.6) is 0 Å². The van der Waals surface area contributed by atoms with Crippen LogP contribution in [-0.4, -0.2) is 75.7 Å². The fraction of sp³-hybridized carbons (Fsp3) is 0.889. The predicted octanol–water partition coefficient (Wildman–Crippen LogP) is -2.05. The molecule has 1 saturated heterocycles. The molecular weight excluding hydrogens is 234 g/mol. The van der Waals surface area contributed by atoms with Crippen molar-refractivity contribution in [1.29, 1.82) is 0 Å². The molecule has 1 amide bonds. The molecule has 0 aromatic heterocycles. The van der Waals surface area contributed by atoms with Gasteiger partial charge in [-0.1, -0.05) is 0 Å². The standard InChI is InChI=1S/C9H17NO5S/c11-5-8(12)6-16(14)7-9(13)10-1-3-15-4-2-10/h8,11-12H,1-7H2. The maximum absolute atomic E-state index is 11.6. The Morgan fingerprint density at radius 1 is 1.44 bits per heavy atom. The third-order valence-electron chi connectivity index (χ3n) is 2.24. The fourth-order valence-electron chi connectivity index (χ4n) is 1.37. The third kappa shape index (κ3) is 4.56. The second-order valence-corrected chi connectivity index (χ2v) is 5.08. The molecule has 2 unspecified atom stereocenters. The molecule has 6 nitrogen and oxygen atoms in total. The molecule has 0 aromatic carbocycles. The molecule has 2 atom stereocenters. The van der Waals surface area contributed by atoms with Crippen LogP contribution in [0.1, 0.15) is 0 Å². The number of ether oxygens (including phenoxy) is 1. The molecular formula is C9H17NO5S. The van der Waals surface area contributed by atoms with Crippen molar-refractivity contribution >= 4 is 16.7 Å².